The fourth-order valence-corrected chi connectivity index (χ4v) is 0.821. The second kappa shape index (κ2) is 3.64. The van der Waals surface area contributed by atoms with Gasteiger partial charge < -0.3 is 5.21 Å². The van der Waals surface area contributed by atoms with Crippen molar-refractivity contribution in [1.82, 2.24) is 5.16 Å². The Labute approximate surface area is 105 Å². The summed E-state index contributed by atoms with van der Waals surface area (Å²) in [6, 6.07) is 6.92. The van der Waals surface area contributed by atoms with Crippen molar-refractivity contribution in [1.29, 1.82) is 0 Å². The Morgan fingerprint density at radius 2 is 2.09 bits per heavy atom. The minimum absolute atomic E-state index is 0. The van der Waals surface area contributed by atoms with Gasteiger partial charge in [0.2, 0.25) is 11.0 Å². The third kappa shape index (κ3) is 1.62. The first-order chi connectivity index (χ1) is 4.88. The molecule has 11 heavy (non-hydrogen) atoms. The van der Waals surface area contributed by atoms with E-state index in [4.69, 9.17) is 0 Å². The van der Waals surface area contributed by atoms with Gasteiger partial charge in [-0.05, 0) is 17.0 Å². The molecule has 0 N–H and O–H groups in total. The average molecular weight is 175 g/mol. The smallest absolute Gasteiger partial charge is 0.359 e. The van der Waals surface area contributed by atoms with Crippen LogP contribution in [0.5, 0.6) is 0 Å². The predicted molar refractivity (Wildman–Crippen MR) is 33.0 cm³/mol. The van der Waals surface area contributed by atoms with Crippen molar-refractivity contribution in [2.24, 2.45) is 0 Å². The van der Waals surface area contributed by atoms with Gasteiger partial charge in [0.05, 0.1) is 0 Å². The Bertz CT molecular complexity index is 360. The number of para-hydroxylation sites is 1. The molecule has 2 rings (SSSR count). The van der Waals surface area contributed by atoms with Gasteiger partial charge in [-0.25, -0.2) is 0 Å². The summed E-state index contributed by atoms with van der Waals surface area (Å²) in [5, 5.41) is 14.2. The van der Waals surface area contributed by atoms with E-state index < -0.39 is 0 Å². The van der Waals surface area contributed by atoms with E-state index in [1.807, 2.05) is 0 Å². The van der Waals surface area contributed by atoms with Gasteiger partial charge in [0, 0.05) is 5.16 Å². The van der Waals surface area contributed by atoms with Gasteiger partial charge in [-0.1, -0.05) is 12.1 Å². The number of hydrogen-bond acceptors (Lipinski definition) is 3. The number of aromatic nitrogens is 2. The molecule has 1 aromatic heterocycles. The summed E-state index contributed by atoms with van der Waals surface area (Å²) >= 11 is 0. The molecule has 0 atom stereocenters. The summed E-state index contributed by atoms with van der Waals surface area (Å²) in [5.41, 5.74) is 1.04. The molecular weight excluding hydrogens is 171 g/mol. The van der Waals surface area contributed by atoms with Crippen molar-refractivity contribution in [3.63, 3.8) is 0 Å². The molecule has 0 bridgehead atoms. The molecule has 1 heterocycles. The fraction of sp³-hybridized carbons (Fsp3) is 0. The maximum atomic E-state index is 10.7. The third-order valence-corrected chi connectivity index (χ3v) is 1.29. The number of nitrogens with zero attached hydrogens (tertiary/aromatic N) is 2. The van der Waals surface area contributed by atoms with E-state index in [0.717, 1.165) is 0 Å². The zero-order valence-corrected chi connectivity index (χ0v) is 9.14. The van der Waals surface area contributed by atoms with E-state index in [1.165, 1.54) is 0 Å². The molecule has 5 heteroatoms. The van der Waals surface area contributed by atoms with E-state index in [9.17, 15) is 5.21 Å². The van der Waals surface area contributed by atoms with Crippen LogP contribution in [0.25, 0.3) is 11.0 Å². The molecule has 0 fully saturated rings. The van der Waals surface area contributed by atoms with E-state index in [1.54, 1.807) is 24.3 Å². The zero-order chi connectivity index (χ0) is 6.97. The molecule has 2 aromatic rings. The van der Waals surface area contributed by atoms with E-state index in [2.05, 4.69) is 9.79 Å². The van der Waals surface area contributed by atoms with Crippen LogP contribution in [0, 0.1) is 5.21 Å². The van der Waals surface area contributed by atoms with Gasteiger partial charge in [-0.2, -0.15) is 0 Å². The minimum Gasteiger partial charge on any atom is -0.359 e. The molecule has 4 nitrogen and oxygen atoms in total. The zero-order valence-electron chi connectivity index (χ0n) is 6.02. The minimum atomic E-state index is 0. The Morgan fingerprint density at radius 1 is 1.36 bits per heavy atom. The molecule has 0 aliphatic heterocycles. The molecule has 0 saturated carbocycles. The van der Waals surface area contributed by atoms with Crippen molar-refractivity contribution < 1.29 is 60.9 Å². The Balaban J connectivity index is 0.000000605. The molecule has 0 saturated heterocycles. The summed E-state index contributed by atoms with van der Waals surface area (Å²) in [7, 11) is 0. The van der Waals surface area contributed by atoms with Crippen LogP contribution in [0.3, 0.4) is 0 Å². The first kappa shape index (κ1) is 9.15. The Kier molecular flexibility index (Phi) is 3.03. The number of benzene rings is 1. The van der Waals surface area contributed by atoms with Crippen LogP contribution in [0.15, 0.2) is 28.9 Å². The third-order valence-electron chi connectivity index (χ3n) is 1.29. The van der Waals surface area contributed by atoms with Gasteiger partial charge in [-0.15, -0.1) is 0 Å². The molecular formula is C6H4KN2O2+. The molecule has 0 amide bonds. The van der Waals surface area contributed by atoms with Gasteiger partial charge in [0.25, 0.3) is 0 Å². The number of hydrogen-bond donors (Lipinski definition) is 0. The number of fused-ring (bicyclic) bond motifs is 1. The van der Waals surface area contributed by atoms with Crippen molar-refractivity contribution in [3.8, 4) is 0 Å². The molecule has 50 valence electrons. The first-order valence-corrected chi connectivity index (χ1v) is 2.82. The van der Waals surface area contributed by atoms with Crippen LogP contribution in [0.2, 0.25) is 0 Å². The van der Waals surface area contributed by atoms with Crippen LogP contribution < -0.4 is 56.3 Å². The van der Waals surface area contributed by atoms with Gasteiger partial charge in [0.1, 0.15) is 0 Å². The molecule has 0 unspecified atom stereocenters. The van der Waals surface area contributed by atoms with Gasteiger partial charge >= 0.3 is 51.4 Å². The molecule has 0 aliphatic carbocycles. The topological polar surface area (TPSA) is 53.0 Å². The van der Waals surface area contributed by atoms with Crippen LogP contribution in [-0.2, 0) is 0 Å². The van der Waals surface area contributed by atoms with Crippen molar-refractivity contribution in [2.75, 3.05) is 0 Å². The van der Waals surface area contributed by atoms with Crippen LogP contribution in [-0.4, -0.2) is 5.16 Å². The van der Waals surface area contributed by atoms with Crippen LogP contribution in [0.1, 0.15) is 0 Å². The normalized spacial score (nSPS) is 9.45. The number of rotatable bonds is 0. The first-order valence-electron chi connectivity index (χ1n) is 2.82. The van der Waals surface area contributed by atoms with Crippen LogP contribution in [0.4, 0.5) is 0 Å². The van der Waals surface area contributed by atoms with E-state index in [-0.39, 0.29) is 51.4 Å². The van der Waals surface area contributed by atoms with Crippen molar-refractivity contribution in [3.05, 3.63) is 29.5 Å². The molecule has 0 spiro atoms. The molecule has 0 radical (unpaired) electrons. The van der Waals surface area contributed by atoms with E-state index >= 15 is 0 Å². The second-order valence-electron chi connectivity index (χ2n) is 1.92. The summed E-state index contributed by atoms with van der Waals surface area (Å²) in [5.74, 6) is 0. The standard InChI is InChI=1S/C6H4N2O2.K/c9-8-6-4-2-1-3-5(6)7-10-8;/h1-4H;/q;+1. The van der Waals surface area contributed by atoms with Crippen molar-refractivity contribution in [2.45, 2.75) is 0 Å². The average Bonchev–Trinajstić information content (AvgIpc) is 2.34. The quantitative estimate of drug-likeness (QED) is 0.327. The summed E-state index contributed by atoms with van der Waals surface area (Å²) in [6.07, 6.45) is 0. The van der Waals surface area contributed by atoms with E-state index in [0.29, 0.717) is 15.9 Å². The second-order valence-corrected chi connectivity index (χ2v) is 1.92. The SMILES string of the molecule is [K+].[O-][n+]1onc2ccccc21. The van der Waals surface area contributed by atoms with Gasteiger partial charge in [-0.3, -0.25) is 4.63 Å². The predicted octanol–water partition coefficient (Wildman–Crippen LogP) is -2.53. The molecule has 0 aliphatic rings. The van der Waals surface area contributed by atoms with Crippen LogP contribution >= 0.6 is 0 Å². The fourth-order valence-electron chi connectivity index (χ4n) is 0.821. The van der Waals surface area contributed by atoms with Gasteiger partial charge in [0.15, 0.2) is 0 Å². The Hall–Kier alpha value is 0.0564. The monoisotopic (exact) mass is 175 g/mol. The maximum Gasteiger partial charge on any atom is 1.00 e. The maximum absolute atomic E-state index is 10.7. The van der Waals surface area contributed by atoms with Crippen molar-refractivity contribution >= 4 is 11.0 Å². The summed E-state index contributed by atoms with van der Waals surface area (Å²) < 4.78 is 4.33. The summed E-state index contributed by atoms with van der Waals surface area (Å²) in [6.45, 7) is 0. The summed E-state index contributed by atoms with van der Waals surface area (Å²) in [4.78, 5) is 0.384. The molecule has 1 aromatic carbocycles. The Morgan fingerprint density at radius 3 is 2.82 bits per heavy atom. The largest absolute Gasteiger partial charge is 1.00 e.